The fraction of sp³-hybridized carbons (Fsp3) is 0.450. The molecule has 5 heteroatoms. The second kappa shape index (κ2) is 10.8. The molecule has 0 amide bonds. The van der Waals surface area contributed by atoms with Gasteiger partial charge in [0.1, 0.15) is 7.28 Å². The van der Waals surface area contributed by atoms with E-state index in [0.29, 0.717) is 5.92 Å². The van der Waals surface area contributed by atoms with Gasteiger partial charge in [0, 0.05) is 29.9 Å². The maximum Gasteiger partial charge on any atom is 0.142 e. The lowest BCUT2D eigenvalue weighted by atomic mass is 9.72. The Morgan fingerprint density at radius 2 is 2.12 bits per heavy atom. The van der Waals surface area contributed by atoms with Crippen molar-refractivity contribution in [1.82, 2.24) is 20.8 Å². The summed E-state index contributed by atoms with van der Waals surface area (Å²) in [5, 5.41) is 13.9. The molecule has 1 unspecified atom stereocenters. The summed E-state index contributed by atoms with van der Waals surface area (Å²) in [5.41, 5.74) is 5.67. The van der Waals surface area contributed by atoms with Gasteiger partial charge in [0.25, 0.3) is 0 Å². The third kappa shape index (κ3) is 6.79. The smallest absolute Gasteiger partial charge is 0.142 e. The molecule has 0 aliphatic rings. The highest BCUT2D eigenvalue weighted by Crippen LogP contribution is 2.17. The van der Waals surface area contributed by atoms with Gasteiger partial charge in [-0.2, -0.15) is 5.10 Å². The Morgan fingerprint density at radius 1 is 1.40 bits per heavy atom. The van der Waals surface area contributed by atoms with Gasteiger partial charge >= 0.3 is 0 Å². The molecule has 0 fully saturated rings. The SMILES string of the molecule is C=Cc1cn[nH]c1/C(=C/NC(C)C(/C=C(\C)[B]C)=C/C(C)C)CNC. The Morgan fingerprint density at radius 3 is 2.68 bits per heavy atom. The Kier molecular flexibility index (Phi) is 9.07. The number of aromatic amines is 1. The van der Waals surface area contributed by atoms with Crippen LogP contribution in [-0.2, 0) is 0 Å². The summed E-state index contributed by atoms with van der Waals surface area (Å²) in [4.78, 5) is 0. The van der Waals surface area contributed by atoms with Gasteiger partial charge in [-0.1, -0.05) is 52.4 Å². The zero-order valence-electron chi connectivity index (χ0n) is 16.5. The van der Waals surface area contributed by atoms with E-state index in [1.54, 1.807) is 6.20 Å². The quantitative estimate of drug-likeness (QED) is 0.449. The van der Waals surface area contributed by atoms with E-state index in [9.17, 15) is 0 Å². The van der Waals surface area contributed by atoms with Crippen LogP contribution in [0.25, 0.3) is 11.6 Å². The molecule has 0 aliphatic carbocycles. The summed E-state index contributed by atoms with van der Waals surface area (Å²) in [6.45, 7) is 15.4. The fourth-order valence-corrected chi connectivity index (χ4v) is 2.48. The molecule has 0 spiro atoms. The molecule has 1 rings (SSSR count). The number of rotatable bonds is 10. The van der Waals surface area contributed by atoms with Crippen molar-refractivity contribution in [2.75, 3.05) is 13.6 Å². The molecule has 1 atom stereocenters. The maximum absolute atomic E-state index is 4.13. The summed E-state index contributed by atoms with van der Waals surface area (Å²) in [6.07, 6.45) is 10.2. The molecule has 3 N–H and O–H groups in total. The Balaban J connectivity index is 3.05. The molecule has 4 nitrogen and oxygen atoms in total. The summed E-state index contributed by atoms with van der Waals surface area (Å²) < 4.78 is 0. The minimum atomic E-state index is 0.208. The largest absolute Gasteiger partial charge is 0.384 e. The zero-order chi connectivity index (χ0) is 18.8. The lowest BCUT2D eigenvalue weighted by Gasteiger charge is -2.17. The van der Waals surface area contributed by atoms with E-state index in [2.05, 4.69) is 87.6 Å². The molecule has 1 aromatic rings. The van der Waals surface area contributed by atoms with Crippen LogP contribution in [0.3, 0.4) is 0 Å². The topological polar surface area (TPSA) is 52.7 Å². The Labute approximate surface area is 153 Å². The highest BCUT2D eigenvalue weighted by molar-refractivity contribution is 6.43. The minimum absolute atomic E-state index is 0.208. The van der Waals surface area contributed by atoms with Crippen molar-refractivity contribution in [1.29, 1.82) is 0 Å². The normalized spacial score (nSPS) is 14.6. The molecule has 0 saturated heterocycles. The number of hydrogen-bond acceptors (Lipinski definition) is 3. The molecule has 0 aliphatic heterocycles. The second-order valence-electron chi connectivity index (χ2n) is 6.58. The van der Waals surface area contributed by atoms with Crippen LogP contribution in [0.1, 0.15) is 39.0 Å². The van der Waals surface area contributed by atoms with Gasteiger partial charge in [0.15, 0.2) is 0 Å². The average molecular weight is 339 g/mol. The van der Waals surface area contributed by atoms with E-state index in [1.165, 1.54) is 11.0 Å². The summed E-state index contributed by atoms with van der Waals surface area (Å²) >= 11 is 0. The number of nitrogens with zero attached hydrogens (tertiary/aromatic N) is 1. The van der Waals surface area contributed by atoms with Crippen LogP contribution >= 0.6 is 0 Å². The van der Waals surface area contributed by atoms with E-state index >= 15 is 0 Å². The van der Waals surface area contributed by atoms with E-state index in [1.807, 2.05) is 13.1 Å². The van der Waals surface area contributed by atoms with Crippen molar-refractivity contribution in [3.63, 3.8) is 0 Å². The highest BCUT2D eigenvalue weighted by atomic mass is 15.1. The molecule has 0 aromatic carbocycles. The Bertz CT molecular complexity index is 638. The second-order valence-corrected chi connectivity index (χ2v) is 6.58. The van der Waals surface area contributed by atoms with E-state index in [0.717, 1.165) is 23.4 Å². The van der Waals surface area contributed by atoms with Crippen LogP contribution in [-0.4, -0.2) is 37.1 Å². The van der Waals surface area contributed by atoms with E-state index < -0.39 is 0 Å². The number of likely N-dealkylation sites (N-methyl/N-ethyl adjacent to an activating group) is 1. The predicted octanol–water partition coefficient (Wildman–Crippen LogP) is 3.83. The summed E-state index contributed by atoms with van der Waals surface area (Å²) in [6, 6.07) is 0.208. The standard InChI is InChI=1S/C20H32BN4/c1-8-17-13-24-25-20(17)19(11-22-7)12-23-16(5)18(9-14(2)3)10-15(4)21-6/h8-10,12-14,16,22-23H,1,11H2,2-7H3,(H,24,25)/b15-10+,18-9+,19-12+. The van der Waals surface area contributed by atoms with Gasteiger partial charge in [-0.25, -0.2) is 0 Å². The van der Waals surface area contributed by atoms with Crippen molar-refractivity contribution in [2.45, 2.75) is 40.6 Å². The van der Waals surface area contributed by atoms with Crippen molar-refractivity contribution in [2.24, 2.45) is 5.92 Å². The minimum Gasteiger partial charge on any atom is -0.384 e. The molecule has 1 radical (unpaired) electrons. The molecule has 1 aromatic heterocycles. The van der Waals surface area contributed by atoms with Gasteiger partial charge in [-0.3, -0.25) is 5.10 Å². The van der Waals surface area contributed by atoms with Crippen molar-refractivity contribution < 1.29 is 0 Å². The van der Waals surface area contributed by atoms with Crippen LogP contribution in [0.4, 0.5) is 0 Å². The van der Waals surface area contributed by atoms with E-state index in [-0.39, 0.29) is 6.04 Å². The first-order valence-electron chi connectivity index (χ1n) is 8.88. The highest BCUT2D eigenvalue weighted by Gasteiger charge is 2.10. The summed E-state index contributed by atoms with van der Waals surface area (Å²) in [7, 11) is 4.07. The van der Waals surface area contributed by atoms with Crippen LogP contribution in [0.2, 0.25) is 6.82 Å². The van der Waals surface area contributed by atoms with Gasteiger partial charge < -0.3 is 10.6 Å². The molecule has 135 valence electrons. The molecular formula is C20H32BN4. The van der Waals surface area contributed by atoms with Crippen molar-refractivity contribution in [3.8, 4) is 0 Å². The molecular weight excluding hydrogens is 307 g/mol. The van der Waals surface area contributed by atoms with Crippen LogP contribution in [0, 0.1) is 5.92 Å². The third-order valence-electron chi connectivity index (χ3n) is 3.96. The number of hydrogen-bond donors (Lipinski definition) is 3. The number of H-pyrrole nitrogens is 1. The van der Waals surface area contributed by atoms with Crippen molar-refractivity contribution >= 4 is 18.9 Å². The molecule has 25 heavy (non-hydrogen) atoms. The van der Waals surface area contributed by atoms with Crippen LogP contribution in [0.15, 0.2) is 42.2 Å². The van der Waals surface area contributed by atoms with Crippen molar-refractivity contribution in [3.05, 3.63) is 53.4 Å². The third-order valence-corrected chi connectivity index (χ3v) is 3.96. The van der Waals surface area contributed by atoms with Crippen LogP contribution < -0.4 is 10.6 Å². The first-order chi connectivity index (χ1) is 11.9. The van der Waals surface area contributed by atoms with Crippen LogP contribution in [0.5, 0.6) is 0 Å². The summed E-state index contributed by atoms with van der Waals surface area (Å²) in [5.74, 6) is 0.501. The molecule has 0 bridgehead atoms. The van der Waals surface area contributed by atoms with Gasteiger partial charge in [-0.05, 0) is 25.5 Å². The number of nitrogens with one attached hydrogen (secondary N) is 3. The van der Waals surface area contributed by atoms with Gasteiger partial charge in [0.2, 0.25) is 0 Å². The fourth-order valence-electron chi connectivity index (χ4n) is 2.48. The first kappa shape index (κ1) is 21.0. The zero-order valence-corrected chi connectivity index (χ0v) is 16.5. The first-order valence-corrected chi connectivity index (χ1v) is 8.88. The lowest BCUT2D eigenvalue weighted by molar-refractivity contribution is 0.719. The monoisotopic (exact) mass is 339 g/mol. The molecule has 1 heterocycles. The lowest BCUT2D eigenvalue weighted by Crippen LogP contribution is -2.24. The molecule has 0 saturated carbocycles. The van der Waals surface area contributed by atoms with Gasteiger partial charge in [-0.15, -0.1) is 5.47 Å². The Hall–Kier alpha value is -2.01. The number of aromatic nitrogens is 2. The maximum atomic E-state index is 4.13. The average Bonchev–Trinajstić information content (AvgIpc) is 3.05. The predicted molar refractivity (Wildman–Crippen MR) is 111 cm³/mol. The van der Waals surface area contributed by atoms with E-state index in [4.69, 9.17) is 0 Å². The number of allylic oxidation sites excluding steroid dienone is 2. The van der Waals surface area contributed by atoms with Gasteiger partial charge in [0.05, 0.1) is 11.9 Å².